The van der Waals surface area contributed by atoms with E-state index in [0.717, 1.165) is 12.5 Å². The number of rotatable bonds is 5. The number of piperazine rings is 1. The Hall–Kier alpha value is -2.48. The minimum absolute atomic E-state index is 0.126. The second kappa shape index (κ2) is 8.49. The van der Waals surface area contributed by atoms with Gasteiger partial charge in [0.05, 0.1) is 5.56 Å². The van der Waals surface area contributed by atoms with Crippen molar-refractivity contribution in [1.82, 2.24) is 15.3 Å². The molecule has 3 heterocycles. The van der Waals surface area contributed by atoms with E-state index >= 15 is 0 Å². The van der Waals surface area contributed by atoms with Crippen LogP contribution in [0.1, 0.15) is 47.6 Å². The smallest absolute Gasteiger partial charge is 0.354 e. The predicted molar refractivity (Wildman–Crippen MR) is 105 cm³/mol. The van der Waals surface area contributed by atoms with Crippen molar-refractivity contribution in [3.05, 3.63) is 53.0 Å². The van der Waals surface area contributed by atoms with Crippen LogP contribution in [0, 0.1) is 12.8 Å². The first-order valence-corrected chi connectivity index (χ1v) is 9.69. The Morgan fingerprint density at radius 1 is 1.31 bits per heavy atom. The van der Waals surface area contributed by atoms with Gasteiger partial charge in [0.1, 0.15) is 11.5 Å². The summed E-state index contributed by atoms with van der Waals surface area (Å²) in [5.74, 6) is 0.121. The molecule has 5 nitrogen and oxygen atoms in total. The molecule has 1 saturated heterocycles. The van der Waals surface area contributed by atoms with Gasteiger partial charge in [-0.25, -0.2) is 4.98 Å². The summed E-state index contributed by atoms with van der Waals surface area (Å²) >= 11 is 0. The van der Waals surface area contributed by atoms with Crippen LogP contribution in [0.4, 0.5) is 19.0 Å². The third-order valence-corrected chi connectivity index (χ3v) is 4.99. The number of hydrogen-bond donors (Lipinski definition) is 1. The average Bonchev–Trinajstić information content (AvgIpc) is 2.66. The number of nitrogens with zero attached hydrogens (tertiary/aromatic N) is 3. The highest BCUT2D eigenvalue weighted by Gasteiger charge is 2.37. The summed E-state index contributed by atoms with van der Waals surface area (Å²) in [6.07, 6.45) is -2.22. The van der Waals surface area contributed by atoms with Crippen LogP contribution in [-0.2, 0) is 6.18 Å². The molecule has 156 valence electrons. The number of aromatic nitrogens is 2. The third-order valence-electron chi connectivity index (χ3n) is 4.99. The number of alkyl halides is 3. The molecule has 8 heteroatoms. The Balaban J connectivity index is 1.98. The minimum atomic E-state index is -4.67. The van der Waals surface area contributed by atoms with Gasteiger partial charge >= 0.3 is 6.18 Å². The Bertz CT molecular complexity index is 882. The van der Waals surface area contributed by atoms with Crippen LogP contribution in [-0.4, -0.2) is 41.4 Å². The van der Waals surface area contributed by atoms with Gasteiger partial charge in [-0.3, -0.25) is 9.78 Å². The Morgan fingerprint density at radius 2 is 2.07 bits per heavy atom. The molecule has 1 aliphatic rings. The van der Waals surface area contributed by atoms with E-state index in [-0.39, 0.29) is 11.6 Å². The summed E-state index contributed by atoms with van der Waals surface area (Å²) in [7, 11) is 0. The molecule has 3 rings (SSSR count). The van der Waals surface area contributed by atoms with Gasteiger partial charge in [0.25, 0.3) is 0 Å². The molecule has 1 fully saturated rings. The number of pyridine rings is 2. The minimum Gasteiger partial charge on any atom is -0.354 e. The molecule has 0 radical (unpaired) electrons. The van der Waals surface area contributed by atoms with Crippen LogP contribution >= 0.6 is 0 Å². The topological polar surface area (TPSA) is 58.1 Å². The van der Waals surface area contributed by atoms with Crippen LogP contribution in [0.3, 0.4) is 0 Å². The number of aryl methyl sites for hydroxylation is 1. The zero-order valence-electron chi connectivity index (χ0n) is 16.8. The fourth-order valence-corrected chi connectivity index (χ4v) is 3.64. The molecule has 1 N–H and O–H groups in total. The van der Waals surface area contributed by atoms with E-state index < -0.39 is 23.2 Å². The first-order chi connectivity index (χ1) is 13.7. The summed E-state index contributed by atoms with van der Waals surface area (Å²) in [6.45, 7) is 7.82. The van der Waals surface area contributed by atoms with Crippen LogP contribution < -0.4 is 10.2 Å². The van der Waals surface area contributed by atoms with Gasteiger partial charge in [-0.05, 0) is 43.5 Å². The molecule has 2 aromatic heterocycles. The van der Waals surface area contributed by atoms with Crippen molar-refractivity contribution in [2.45, 2.75) is 39.4 Å². The summed E-state index contributed by atoms with van der Waals surface area (Å²) in [4.78, 5) is 23.1. The molecule has 2 aromatic rings. The lowest BCUT2D eigenvalue weighted by Gasteiger charge is -2.35. The summed E-state index contributed by atoms with van der Waals surface area (Å²) in [5.41, 5.74) is -1.11. The molecular weight excluding hydrogens is 381 g/mol. The number of anilines is 1. The van der Waals surface area contributed by atoms with Crippen molar-refractivity contribution in [3.63, 3.8) is 0 Å². The van der Waals surface area contributed by atoms with Gasteiger partial charge in [-0.1, -0.05) is 13.8 Å². The van der Waals surface area contributed by atoms with E-state index in [1.807, 2.05) is 4.90 Å². The molecule has 0 bridgehead atoms. The van der Waals surface area contributed by atoms with Crippen molar-refractivity contribution >= 4 is 11.6 Å². The fraction of sp³-hybridized carbons (Fsp3) is 0.476. The molecule has 29 heavy (non-hydrogen) atoms. The van der Waals surface area contributed by atoms with E-state index in [9.17, 15) is 18.0 Å². The first kappa shape index (κ1) is 21.2. The van der Waals surface area contributed by atoms with Gasteiger partial charge in [0.2, 0.25) is 5.78 Å². The van der Waals surface area contributed by atoms with Gasteiger partial charge in [0, 0.05) is 43.1 Å². The van der Waals surface area contributed by atoms with Gasteiger partial charge in [-0.2, -0.15) is 13.2 Å². The summed E-state index contributed by atoms with van der Waals surface area (Å²) in [5, 5.41) is 3.43. The highest BCUT2D eigenvalue weighted by Crippen LogP contribution is 2.34. The normalized spacial score (nSPS) is 17.6. The molecule has 1 aliphatic heterocycles. The SMILES string of the molecule is Cc1ncccc1C(=O)c1nc(N2CCN[C@@H](CC(C)C)C2)ccc1C(F)(F)F. The molecule has 0 saturated carbocycles. The molecular formula is C21H25F3N4O. The monoisotopic (exact) mass is 406 g/mol. The van der Waals surface area contributed by atoms with Crippen LogP contribution in [0.5, 0.6) is 0 Å². The maximum absolute atomic E-state index is 13.6. The molecule has 0 amide bonds. The second-order valence-corrected chi connectivity index (χ2v) is 7.76. The van der Waals surface area contributed by atoms with Gasteiger partial charge in [0.15, 0.2) is 0 Å². The van der Waals surface area contributed by atoms with E-state index in [4.69, 9.17) is 0 Å². The van der Waals surface area contributed by atoms with E-state index in [1.54, 1.807) is 6.92 Å². The quantitative estimate of drug-likeness (QED) is 0.765. The van der Waals surface area contributed by atoms with E-state index in [1.165, 1.54) is 24.4 Å². The lowest BCUT2D eigenvalue weighted by Crippen LogP contribution is -2.51. The molecule has 0 aliphatic carbocycles. The van der Waals surface area contributed by atoms with Crippen LogP contribution in [0.25, 0.3) is 0 Å². The standard InChI is InChI=1S/C21H25F3N4O/c1-13(2)11-15-12-28(10-9-26-15)18-7-6-17(21(22,23)24)19(27-18)20(29)16-5-4-8-25-14(16)3/h4-8,13,15,26H,9-12H2,1-3H3/t15-/m0/s1. The van der Waals surface area contributed by atoms with Crippen LogP contribution in [0.2, 0.25) is 0 Å². The van der Waals surface area contributed by atoms with Crippen LogP contribution in [0.15, 0.2) is 30.5 Å². The number of carbonyl (C=O) groups is 1. The van der Waals surface area contributed by atoms with Gasteiger partial charge < -0.3 is 10.2 Å². The Labute approximate surface area is 168 Å². The number of halogens is 3. The molecule has 1 atom stereocenters. The fourth-order valence-electron chi connectivity index (χ4n) is 3.64. The molecule has 0 unspecified atom stereocenters. The Morgan fingerprint density at radius 3 is 2.72 bits per heavy atom. The van der Waals surface area contributed by atoms with Crippen molar-refractivity contribution < 1.29 is 18.0 Å². The van der Waals surface area contributed by atoms with E-state index in [0.29, 0.717) is 37.1 Å². The maximum atomic E-state index is 13.6. The largest absolute Gasteiger partial charge is 0.418 e. The van der Waals surface area contributed by atoms with Crippen molar-refractivity contribution in [2.24, 2.45) is 5.92 Å². The zero-order chi connectivity index (χ0) is 21.2. The Kier molecular flexibility index (Phi) is 6.21. The molecule has 0 spiro atoms. The van der Waals surface area contributed by atoms with Crippen molar-refractivity contribution in [2.75, 3.05) is 24.5 Å². The first-order valence-electron chi connectivity index (χ1n) is 9.69. The highest BCUT2D eigenvalue weighted by atomic mass is 19.4. The highest BCUT2D eigenvalue weighted by molar-refractivity contribution is 6.09. The number of hydrogen-bond acceptors (Lipinski definition) is 5. The van der Waals surface area contributed by atoms with E-state index in [2.05, 4.69) is 29.1 Å². The molecule has 0 aromatic carbocycles. The van der Waals surface area contributed by atoms with Crippen molar-refractivity contribution in [1.29, 1.82) is 0 Å². The summed E-state index contributed by atoms with van der Waals surface area (Å²) in [6, 6.07) is 5.55. The lowest BCUT2D eigenvalue weighted by atomic mass is 10.0. The average molecular weight is 406 g/mol. The maximum Gasteiger partial charge on any atom is 0.418 e. The zero-order valence-corrected chi connectivity index (χ0v) is 16.8. The number of ketones is 1. The second-order valence-electron chi connectivity index (χ2n) is 7.76. The van der Waals surface area contributed by atoms with Crippen molar-refractivity contribution in [3.8, 4) is 0 Å². The third kappa shape index (κ3) is 4.93. The van der Waals surface area contributed by atoms with Gasteiger partial charge in [-0.15, -0.1) is 0 Å². The number of nitrogens with one attached hydrogen (secondary N) is 1. The number of carbonyl (C=O) groups excluding carboxylic acids is 1. The predicted octanol–water partition coefficient (Wildman–Crippen LogP) is 3.86. The summed E-state index contributed by atoms with van der Waals surface area (Å²) < 4.78 is 40.7. The lowest BCUT2D eigenvalue weighted by molar-refractivity contribution is -0.138.